The molecule has 0 fully saturated rings. The van der Waals surface area contributed by atoms with Crippen molar-refractivity contribution >= 4 is 28.4 Å². The van der Waals surface area contributed by atoms with Crippen molar-refractivity contribution in [1.29, 1.82) is 0 Å². The number of aromatic hydroxyl groups is 1. The molecule has 0 radical (unpaired) electrons. The molecule has 26 heavy (non-hydrogen) atoms. The number of ketones is 1. The highest BCUT2D eigenvalue weighted by Gasteiger charge is 2.13. The number of ether oxygens (including phenoxy) is 1. The summed E-state index contributed by atoms with van der Waals surface area (Å²) in [6.45, 7) is 3.46. The fourth-order valence-electron chi connectivity index (χ4n) is 2.71. The van der Waals surface area contributed by atoms with Crippen molar-refractivity contribution < 1.29 is 14.6 Å². The predicted octanol–water partition coefficient (Wildman–Crippen LogP) is 4.40. The molecule has 0 saturated heterocycles. The normalized spacial score (nSPS) is 10.7. The summed E-state index contributed by atoms with van der Waals surface area (Å²) in [5.74, 6) is 0.339. The highest BCUT2D eigenvalue weighted by Crippen LogP contribution is 2.31. The number of nitrogens with zero attached hydrogens (tertiary/aromatic N) is 1. The summed E-state index contributed by atoms with van der Waals surface area (Å²) in [7, 11) is 0. The number of phenolic OH excluding ortho intramolecular Hbond substituents is 1. The Hall–Kier alpha value is -2.35. The third-order valence-electron chi connectivity index (χ3n) is 4.10. The molecule has 0 unspecified atom stereocenters. The molecule has 0 saturated carbocycles. The molecule has 3 rings (SSSR count). The first-order valence-corrected chi connectivity index (χ1v) is 9.26. The van der Waals surface area contributed by atoms with E-state index in [1.54, 1.807) is 19.1 Å². The number of aromatic amines is 1. The number of rotatable bonds is 6. The number of nitrogens with one attached hydrogen (secondary N) is 1. The van der Waals surface area contributed by atoms with E-state index < -0.39 is 0 Å². The Labute approximate surface area is 165 Å². The predicted molar refractivity (Wildman–Crippen MR) is 108 cm³/mol. The fraction of sp³-hybridized carbons (Fsp3) is 0.200. The van der Waals surface area contributed by atoms with Crippen LogP contribution in [0.15, 0.2) is 42.5 Å². The molecule has 0 atom stereocenters. The molecule has 0 spiro atoms. The summed E-state index contributed by atoms with van der Waals surface area (Å²) in [6.07, 6.45) is 0.750. The molecular formula is C20H19IN2O3. The monoisotopic (exact) mass is 462 g/mol. The van der Waals surface area contributed by atoms with Crippen molar-refractivity contribution in [2.45, 2.75) is 26.9 Å². The van der Waals surface area contributed by atoms with E-state index in [2.05, 4.69) is 51.0 Å². The van der Waals surface area contributed by atoms with Crippen LogP contribution < -0.4 is 4.74 Å². The summed E-state index contributed by atoms with van der Waals surface area (Å²) < 4.78 is 6.97. The largest absolute Gasteiger partial charge is 0.507 e. The summed E-state index contributed by atoms with van der Waals surface area (Å²) in [4.78, 5) is 11.5. The van der Waals surface area contributed by atoms with E-state index in [9.17, 15) is 9.90 Å². The maximum atomic E-state index is 11.5. The molecule has 6 heteroatoms. The Morgan fingerprint density at radius 1 is 1.27 bits per heavy atom. The first-order chi connectivity index (χ1) is 12.4. The van der Waals surface area contributed by atoms with Gasteiger partial charge in [-0.05, 0) is 72.3 Å². The zero-order valence-electron chi connectivity index (χ0n) is 14.5. The Morgan fingerprint density at radius 2 is 2.08 bits per heavy atom. The molecule has 3 aromatic rings. The van der Waals surface area contributed by atoms with Gasteiger partial charge in [-0.2, -0.15) is 5.10 Å². The number of phenols is 1. The van der Waals surface area contributed by atoms with Crippen LogP contribution in [0.4, 0.5) is 0 Å². The molecule has 5 nitrogen and oxygen atoms in total. The van der Waals surface area contributed by atoms with E-state index in [1.807, 2.05) is 12.1 Å². The zero-order chi connectivity index (χ0) is 18.7. The van der Waals surface area contributed by atoms with E-state index in [0.717, 1.165) is 17.8 Å². The second kappa shape index (κ2) is 7.90. The molecule has 2 aromatic carbocycles. The van der Waals surface area contributed by atoms with Crippen molar-refractivity contribution in [3.05, 3.63) is 74.1 Å². The zero-order valence-corrected chi connectivity index (χ0v) is 16.7. The van der Waals surface area contributed by atoms with Gasteiger partial charge in [-0.25, -0.2) is 0 Å². The van der Waals surface area contributed by atoms with Crippen LogP contribution in [-0.4, -0.2) is 21.1 Å². The molecule has 0 aliphatic heterocycles. The van der Waals surface area contributed by atoms with Gasteiger partial charge in [0.25, 0.3) is 0 Å². The molecule has 0 aliphatic carbocycles. The van der Waals surface area contributed by atoms with Crippen LogP contribution in [0, 0.1) is 10.5 Å². The molecular weight excluding hydrogens is 443 g/mol. The topological polar surface area (TPSA) is 75.2 Å². The standard InChI is InChI=1S/C20H19IN2O3/c1-12-19(7-6-18(13(2)24)20(12)25)26-11-17-10-16(22-23-17)9-14-4-3-5-15(21)8-14/h3-8,10,25H,9,11H2,1-2H3,(H,22,23). The maximum absolute atomic E-state index is 11.5. The molecule has 0 aliphatic rings. The number of aromatic nitrogens is 2. The van der Waals surface area contributed by atoms with Crippen LogP contribution in [0.3, 0.4) is 0 Å². The summed E-state index contributed by atoms with van der Waals surface area (Å²) in [6, 6.07) is 13.6. The van der Waals surface area contributed by atoms with Crippen LogP contribution >= 0.6 is 22.6 Å². The highest BCUT2D eigenvalue weighted by molar-refractivity contribution is 14.1. The van der Waals surface area contributed by atoms with Gasteiger partial charge in [0.05, 0.1) is 17.0 Å². The van der Waals surface area contributed by atoms with Crippen LogP contribution in [0.5, 0.6) is 11.5 Å². The average molecular weight is 462 g/mol. The first-order valence-electron chi connectivity index (χ1n) is 8.18. The number of carbonyl (C=O) groups excluding carboxylic acids is 1. The third kappa shape index (κ3) is 4.24. The number of hydrogen-bond acceptors (Lipinski definition) is 4. The van der Waals surface area contributed by atoms with E-state index >= 15 is 0 Å². The number of benzene rings is 2. The number of hydrogen-bond donors (Lipinski definition) is 2. The van der Waals surface area contributed by atoms with Gasteiger partial charge in [0.15, 0.2) is 5.78 Å². The molecule has 134 valence electrons. The average Bonchev–Trinajstić information content (AvgIpc) is 3.03. The van der Waals surface area contributed by atoms with Crippen LogP contribution in [-0.2, 0) is 13.0 Å². The lowest BCUT2D eigenvalue weighted by molar-refractivity contribution is 0.101. The van der Waals surface area contributed by atoms with Gasteiger partial charge in [0.2, 0.25) is 0 Å². The van der Waals surface area contributed by atoms with Gasteiger partial charge in [0, 0.05) is 15.6 Å². The van der Waals surface area contributed by atoms with E-state index in [-0.39, 0.29) is 11.5 Å². The minimum atomic E-state index is -0.175. The Morgan fingerprint density at radius 3 is 2.81 bits per heavy atom. The van der Waals surface area contributed by atoms with Crippen LogP contribution in [0.1, 0.15) is 39.8 Å². The summed E-state index contributed by atoms with van der Waals surface area (Å²) in [5.41, 5.74) is 3.85. The van der Waals surface area contributed by atoms with Gasteiger partial charge in [-0.1, -0.05) is 12.1 Å². The Balaban J connectivity index is 1.67. The molecule has 1 aromatic heterocycles. The van der Waals surface area contributed by atoms with Crippen molar-refractivity contribution in [1.82, 2.24) is 10.2 Å². The van der Waals surface area contributed by atoms with Gasteiger partial charge in [-0.15, -0.1) is 0 Å². The fourth-order valence-corrected chi connectivity index (χ4v) is 3.32. The third-order valence-corrected chi connectivity index (χ3v) is 4.77. The molecule has 0 bridgehead atoms. The lowest BCUT2D eigenvalue weighted by atomic mass is 10.1. The van der Waals surface area contributed by atoms with Crippen molar-refractivity contribution in [2.75, 3.05) is 0 Å². The van der Waals surface area contributed by atoms with Crippen molar-refractivity contribution in [3.8, 4) is 11.5 Å². The lowest BCUT2D eigenvalue weighted by Crippen LogP contribution is -2.00. The maximum Gasteiger partial charge on any atom is 0.163 e. The minimum absolute atomic E-state index is 0.0287. The quantitative estimate of drug-likeness (QED) is 0.421. The minimum Gasteiger partial charge on any atom is -0.507 e. The van der Waals surface area contributed by atoms with Gasteiger partial charge in [0.1, 0.15) is 18.1 Å². The van der Waals surface area contributed by atoms with E-state index in [0.29, 0.717) is 23.5 Å². The Kier molecular flexibility index (Phi) is 5.61. The highest BCUT2D eigenvalue weighted by atomic mass is 127. The van der Waals surface area contributed by atoms with Gasteiger partial charge >= 0.3 is 0 Å². The second-order valence-corrected chi connectivity index (χ2v) is 7.37. The second-order valence-electron chi connectivity index (χ2n) is 6.12. The molecule has 0 amide bonds. The number of Topliss-reactive ketones (excluding diaryl/α,β-unsaturated/α-hetero) is 1. The van der Waals surface area contributed by atoms with Gasteiger partial charge < -0.3 is 9.84 Å². The SMILES string of the molecule is CC(=O)c1ccc(OCc2cc(Cc3cccc(I)c3)n[nH]2)c(C)c1O. The van der Waals surface area contributed by atoms with Crippen molar-refractivity contribution in [2.24, 2.45) is 0 Å². The smallest absolute Gasteiger partial charge is 0.163 e. The number of carbonyl (C=O) groups is 1. The Bertz CT molecular complexity index is 950. The van der Waals surface area contributed by atoms with E-state index in [1.165, 1.54) is 16.1 Å². The lowest BCUT2D eigenvalue weighted by Gasteiger charge is -2.11. The van der Waals surface area contributed by atoms with Crippen molar-refractivity contribution in [3.63, 3.8) is 0 Å². The molecule has 1 heterocycles. The number of H-pyrrole nitrogens is 1. The van der Waals surface area contributed by atoms with E-state index in [4.69, 9.17) is 4.74 Å². The van der Waals surface area contributed by atoms with Crippen LogP contribution in [0.25, 0.3) is 0 Å². The summed E-state index contributed by atoms with van der Waals surface area (Å²) >= 11 is 2.30. The first kappa shape index (κ1) is 18.4. The summed E-state index contributed by atoms with van der Waals surface area (Å²) in [5, 5.41) is 17.4. The number of halogens is 1. The van der Waals surface area contributed by atoms with Gasteiger partial charge in [-0.3, -0.25) is 9.89 Å². The van der Waals surface area contributed by atoms with Crippen LogP contribution in [0.2, 0.25) is 0 Å². The molecule has 2 N–H and O–H groups in total.